The van der Waals surface area contributed by atoms with Gasteiger partial charge in [0.1, 0.15) is 17.2 Å². The standard InChI is InChI=1S/C28H24O8/c1-31-19-8-6-5-7-15(19)13-22-25(30)17-10-11-20-24(26(17)36-22)18(14-23(29)35-20)16-9-12-21(32-2)28(34-4)27(16)33-3/h5-13,18H,14H2,1-4H3/b22-13-/t18-/m0/s1. The van der Waals surface area contributed by atoms with Crippen LogP contribution in [0, 0.1) is 0 Å². The number of carbonyl (C=O) groups excluding carboxylic acids is 2. The lowest BCUT2D eigenvalue weighted by Crippen LogP contribution is -2.22. The number of fused-ring (bicyclic) bond motifs is 3. The van der Waals surface area contributed by atoms with Gasteiger partial charge in [-0.15, -0.1) is 0 Å². The molecule has 2 heterocycles. The Morgan fingerprint density at radius 3 is 2.28 bits per heavy atom. The molecule has 0 bridgehead atoms. The van der Waals surface area contributed by atoms with E-state index in [1.165, 1.54) is 21.3 Å². The highest BCUT2D eigenvalue weighted by molar-refractivity contribution is 6.15. The van der Waals surface area contributed by atoms with E-state index in [1.807, 2.05) is 24.3 Å². The molecule has 3 aromatic rings. The van der Waals surface area contributed by atoms with Crippen molar-refractivity contribution in [3.63, 3.8) is 0 Å². The first-order valence-electron chi connectivity index (χ1n) is 11.2. The Morgan fingerprint density at radius 1 is 0.806 bits per heavy atom. The second kappa shape index (κ2) is 9.30. The lowest BCUT2D eigenvalue weighted by molar-refractivity contribution is -0.135. The summed E-state index contributed by atoms with van der Waals surface area (Å²) in [6.07, 6.45) is 1.67. The van der Waals surface area contributed by atoms with Crippen molar-refractivity contribution in [1.29, 1.82) is 0 Å². The highest BCUT2D eigenvalue weighted by Crippen LogP contribution is 2.53. The van der Waals surface area contributed by atoms with Crippen molar-refractivity contribution in [1.82, 2.24) is 0 Å². The van der Waals surface area contributed by atoms with Crippen LogP contribution in [0.5, 0.6) is 34.5 Å². The van der Waals surface area contributed by atoms with E-state index in [4.69, 9.17) is 28.4 Å². The number of methoxy groups -OCH3 is 4. The number of ether oxygens (including phenoxy) is 6. The van der Waals surface area contributed by atoms with Crippen molar-refractivity contribution in [2.45, 2.75) is 12.3 Å². The Labute approximate surface area is 207 Å². The molecule has 0 saturated carbocycles. The topological polar surface area (TPSA) is 89.5 Å². The Hall–Kier alpha value is -4.46. The molecule has 8 heteroatoms. The Kier molecular flexibility index (Phi) is 6.01. The van der Waals surface area contributed by atoms with Gasteiger partial charge in [-0.05, 0) is 30.3 Å². The fourth-order valence-electron chi connectivity index (χ4n) is 4.70. The largest absolute Gasteiger partial charge is 0.496 e. The molecule has 5 rings (SSSR count). The Bertz CT molecular complexity index is 1400. The maximum atomic E-state index is 13.3. The molecule has 8 nitrogen and oxygen atoms in total. The van der Waals surface area contributed by atoms with E-state index in [1.54, 1.807) is 37.5 Å². The molecule has 2 aliphatic heterocycles. The average Bonchev–Trinajstić information content (AvgIpc) is 3.22. The number of para-hydroxylation sites is 1. The van der Waals surface area contributed by atoms with Gasteiger partial charge in [-0.3, -0.25) is 9.59 Å². The minimum absolute atomic E-state index is 0.0262. The number of hydrogen-bond donors (Lipinski definition) is 0. The zero-order valence-electron chi connectivity index (χ0n) is 20.2. The van der Waals surface area contributed by atoms with E-state index in [0.717, 1.165) is 0 Å². The van der Waals surface area contributed by atoms with Gasteiger partial charge in [-0.2, -0.15) is 0 Å². The van der Waals surface area contributed by atoms with Gasteiger partial charge in [0.05, 0.1) is 40.4 Å². The summed E-state index contributed by atoms with van der Waals surface area (Å²) in [6.45, 7) is 0. The van der Waals surface area contributed by atoms with E-state index >= 15 is 0 Å². The summed E-state index contributed by atoms with van der Waals surface area (Å²) in [5, 5.41) is 0. The molecular formula is C28H24O8. The van der Waals surface area contributed by atoms with Crippen LogP contribution in [0.1, 0.15) is 39.4 Å². The van der Waals surface area contributed by atoms with Gasteiger partial charge in [0.25, 0.3) is 0 Å². The number of ketones is 1. The van der Waals surface area contributed by atoms with Gasteiger partial charge in [0.2, 0.25) is 11.5 Å². The number of rotatable bonds is 6. The van der Waals surface area contributed by atoms with Crippen LogP contribution < -0.4 is 28.4 Å². The van der Waals surface area contributed by atoms with Crippen molar-refractivity contribution in [3.05, 3.63) is 76.5 Å². The second-order valence-electron chi connectivity index (χ2n) is 8.19. The summed E-state index contributed by atoms with van der Waals surface area (Å²) < 4.78 is 33.7. The molecule has 184 valence electrons. The van der Waals surface area contributed by atoms with Gasteiger partial charge in [0, 0.05) is 22.6 Å². The van der Waals surface area contributed by atoms with Crippen LogP contribution >= 0.6 is 0 Å². The van der Waals surface area contributed by atoms with Crippen molar-refractivity contribution in [3.8, 4) is 34.5 Å². The quantitative estimate of drug-likeness (QED) is 0.278. The van der Waals surface area contributed by atoms with Gasteiger partial charge >= 0.3 is 5.97 Å². The predicted octanol–water partition coefficient (Wildman–Crippen LogP) is 4.78. The third kappa shape index (κ3) is 3.71. The molecule has 0 aromatic heterocycles. The minimum Gasteiger partial charge on any atom is -0.496 e. The number of allylic oxidation sites excluding steroid dienone is 1. The van der Waals surface area contributed by atoms with E-state index in [9.17, 15) is 9.59 Å². The molecule has 0 amide bonds. The predicted molar refractivity (Wildman–Crippen MR) is 131 cm³/mol. The van der Waals surface area contributed by atoms with Crippen LogP contribution in [-0.4, -0.2) is 40.2 Å². The Balaban J connectivity index is 1.66. The molecular weight excluding hydrogens is 464 g/mol. The molecule has 3 aromatic carbocycles. The third-order valence-electron chi connectivity index (χ3n) is 6.32. The highest BCUT2D eigenvalue weighted by Gasteiger charge is 2.40. The maximum Gasteiger partial charge on any atom is 0.312 e. The first-order valence-corrected chi connectivity index (χ1v) is 11.2. The summed E-state index contributed by atoms with van der Waals surface area (Å²) in [5.74, 6) is 1.58. The molecule has 36 heavy (non-hydrogen) atoms. The average molecular weight is 488 g/mol. The molecule has 2 aliphatic rings. The summed E-state index contributed by atoms with van der Waals surface area (Å²) in [4.78, 5) is 25.9. The van der Waals surface area contributed by atoms with Crippen LogP contribution in [-0.2, 0) is 4.79 Å². The molecule has 0 radical (unpaired) electrons. The molecule has 0 spiro atoms. The summed E-state index contributed by atoms with van der Waals surface area (Å²) in [7, 11) is 6.13. The van der Waals surface area contributed by atoms with Gasteiger partial charge < -0.3 is 28.4 Å². The monoisotopic (exact) mass is 488 g/mol. The van der Waals surface area contributed by atoms with Crippen molar-refractivity contribution < 1.29 is 38.0 Å². The lowest BCUT2D eigenvalue weighted by Gasteiger charge is -2.28. The third-order valence-corrected chi connectivity index (χ3v) is 6.32. The number of Topliss-reactive ketones (excluding diaryl/α,β-unsaturated/α-hetero) is 1. The van der Waals surface area contributed by atoms with E-state index in [-0.39, 0.29) is 18.0 Å². The lowest BCUT2D eigenvalue weighted by atomic mass is 9.84. The van der Waals surface area contributed by atoms with Gasteiger partial charge in [-0.1, -0.05) is 24.3 Å². The summed E-state index contributed by atoms with van der Waals surface area (Å²) in [6, 6.07) is 14.1. The van der Waals surface area contributed by atoms with E-state index < -0.39 is 11.9 Å². The zero-order valence-corrected chi connectivity index (χ0v) is 20.2. The molecule has 0 saturated heterocycles. The molecule has 0 unspecified atom stereocenters. The second-order valence-corrected chi connectivity index (χ2v) is 8.19. The smallest absolute Gasteiger partial charge is 0.312 e. The highest BCUT2D eigenvalue weighted by atomic mass is 16.5. The zero-order chi connectivity index (χ0) is 25.4. The number of carbonyl (C=O) groups is 2. The summed E-state index contributed by atoms with van der Waals surface area (Å²) in [5.41, 5.74) is 2.36. The van der Waals surface area contributed by atoms with Crippen LogP contribution in [0.15, 0.2) is 54.3 Å². The first kappa shape index (κ1) is 23.3. The molecule has 0 N–H and O–H groups in total. The van der Waals surface area contributed by atoms with Crippen LogP contribution in [0.4, 0.5) is 0 Å². The van der Waals surface area contributed by atoms with Crippen molar-refractivity contribution >= 4 is 17.8 Å². The normalized spacial score (nSPS) is 17.1. The maximum absolute atomic E-state index is 13.3. The molecule has 0 aliphatic carbocycles. The SMILES string of the molecule is COc1ccccc1/C=C1\Oc2c(ccc3c2[C@H](c2ccc(OC)c(OC)c2OC)CC(=O)O3)C1=O. The van der Waals surface area contributed by atoms with Crippen molar-refractivity contribution in [2.75, 3.05) is 28.4 Å². The number of hydrogen-bond acceptors (Lipinski definition) is 8. The molecule has 1 atom stereocenters. The number of esters is 1. The minimum atomic E-state index is -0.510. The Morgan fingerprint density at radius 2 is 1.56 bits per heavy atom. The fraction of sp³-hybridized carbons (Fsp3) is 0.214. The van der Waals surface area contributed by atoms with Crippen molar-refractivity contribution in [2.24, 2.45) is 0 Å². The van der Waals surface area contributed by atoms with E-state index in [2.05, 4.69) is 0 Å². The first-order chi connectivity index (χ1) is 17.5. The van der Waals surface area contributed by atoms with Gasteiger partial charge in [0.15, 0.2) is 17.3 Å². The van der Waals surface area contributed by atoms with Gasteiger partial charge in [-0.25, -0.2) is 0 Å². The number of benzene rings is 3. The summed E-state index contributed by atoms with van der Waals surface area (Å²) >= 11 is 0. The van der Waals surface area contributed by atoms with E-state index in [0.29, 0.717) is 56.8 Å². The van der Waals surface area contributed by atoms with Crippen LogP contribution in [0.25, 0.3) is 6.08 Å². The van der Waals surface area contributed by atoms with Crippen LogP contribution in [0.3, 0.4) is 0 Å². The molecule has 0 fully saturated rings. The fourth-order valence-corrected chi connectivity index (χ4v) is 4.70. The van der Waals surface area contributed by atoms with Crippen LogP contribution in [0.2, 0.25) is 0 Å².